The predicted molar refractivity (Wildman–Crippen MR) is 77.4 cm³/mol. The van der Waals surface area contributed by atoms with Gasteiger partial charge in [-0.3, -0.25) is 5.32 Å². The number of carbonyl (C=O) groups is 1. The van der Waals surface area contributed by atoms with E-state index in [9.17, 15) is 9.18 Å². The highest BCUT2D eigenvalue weighted by molar-refractivity contribution is 5.88. The zero-order chi connectivity index (χ0) is 15.1. The van der Waals surface area contributed by atoms with Crippen LogP contribution in [0, 0.1) is 5.82 Å². The highest BCUT2D eigenvalue weighted by Crippen LogP contribution is 2.15. The Morgan fingerprint density at radius 3 is 2.71 bits per heavy atom. The molecule has 6 heteroatoms. The lowest BCUT2D eigenvalue weighted by molar-refractivity contribution is 0.104. The summed E-state index contributed by atoms with van der Waals surface area (Å²) in [6.45, 7) is 0.265. The number of carbonyl (C=O) groups excluding carboxylic acids is 1. The Kier molecular flexibility index (Phi) is 5.22. The van der Waals surface area contributed by atoms with Gasteiger partial charge in [0.15, 0.2) is 11.6 Å². The highest BCUT2D eigenvalue weighted by Gasteiger charge is 2.12. The summed E-state index contributed by atoms with van der Waals surface area (Å²) in [7, 11) is 1.57. The highest BCUT2D eigenvalue weighted by atomic mass is 19.1. The van der Waals surface area contributed by atoms with E-state index >= 15 is 0 Å². The molecule has 1 unspecified atom stereocenters. The van der Waals surface area contributed by atoms with Gasteiger partial charge < -0.3 is 10.1 Å². The number of urea groups is 1. The summed E-state index contributed by atoms with van der Waals surface area (Å²) < 4.78 is 18.7. The van der Waals surface area contributed by atoms with Crippen molar-refractivity contribution in [3.63, 3.8) is 0 Å². The topological polar surface area (TPSA) is 63.2 Å². The Balaban J connectivity index is 1.90. The van der Waals surface area contributed by atoms with E-state index in [1.54, 1.807) is 7.11 Å². The maximum atomic E-state index is 13.4. The lowest BCUT2D eigenvalue weighted by atomic mass is 10.1. The lowest BCUT2D eigenvalue weighted by Gasteiger charge is -2.16. The Bertz CT molecular complexity index is 592. The third kappa shape index (κ3) is 4.25. The van der Waals surface area contributed by atoms with Gasteiger partial charge in [0.2, 0.25) is 0 Å². The first-order valence-electron chi connectivity index (χ1n) is 6.44. The molecule has 0 bridgehead atoms. The Labute approximate surface area is 122 Å². The van der Waals surface area contributed by atoms with Gasteiger partial charge in [0, 0.05) is 19.9 Å². The van der Waals surface area contributed by atoms with Gasteiger partial charge in [-0.05, 0) is 17.7 Å². The van der Waals surface area contributed by atoms with Gasteiger partial charge in [0.1, 0.15) is 0 Å². The Morgan fingerprint density at radius 1 is 1.29 bits per heavy atom. The summed E-state index contributed by atoms with van der Waals surface area (Å²) in [6, 6.07) is 11.7. The second-order valence-electron chi connectivity index (χ2n) is 4.30. The van der Waals surface area contributed by atoms with Crippen molar-refractivity contribution < 1.29 is 13.9 Å². The number of methoxy groups -OCH3 is 1. The van der Waals surface area contributed by atoms with E-state index in [2.05, 4.69) is 15.6 Å². The molecular weight excluding hydrogens is 273 g/mol. The number of rotatable bonds is 5. The summed E-state index contributed by atoms with van der Waals surface area (Å²) in [4.78, 5) is 15.5. The molecule has 0 fully saturated rings. The quantitative estimate of drug-likeness (QED) is 0.889. The minimum Gasteiger partial charge on any atom is -0.375 e. The molecule has 0 aliphatic rings. The predicted octanol–water partition coefficient (Wildman–Crippen LogP) is 2.73. The van der Waals surface area contributed by atoms with Crippen molar-refractivity contribution in [3.8, 4) is 0 Å². The lowest BCUT2D eigenvalue weighted by Crippen LogP contribution is -2.33. The second kappa shape index (κ2) is 7.35. The zero-order valence-electron chi connectivity index (χ0n) is 11.5. The van der Waals surface area contributed by atoms with Crippen LogP contribution in [0.15, 0.2) is 48.7 Å². The van der Waals surface area contributed by atoms with Crippen molar-refractivity contribution in [2.75, 3.05) is 19.0 Å². The number of amides is 2. The van der Waals surface area contributed by atoms with Crippen molar-refractivity contribution in [2.45, 2.75) is 6.10 Å². The van der Waals surface area contributed by atoms with Gasteiger partial charge in [-0.2, -0.15) is 0 Å². The first kappa shape index (κ1) is 14.9. The van der Waals surface area contributed by atoms with Crippen molar-refractivity contribution in [3.05, 3.63) is 60.0 Å². The summed E-state index contributed by atoms with van der Waals surface area (Å²) in [6.07, 6.45) is 1.13. The molecule has 2 aromatic rings. The van der Waals surface area contributed by atoms with Crippen LogP contribution in [-0.4, -0.2) is 24.7 Å². The molecule has 0 spiro atoms. The number of hydrogen-bond donors (Lipinski definition) is 2. The molecular formula is C15H16FN3O2. The number of pyridine rings is 1. The number of hydrogen-bond acceptors (Lipinski definition) is 3. The largest absolute Gasteiger partial charge is 0.375 e. The Morgan fingerprint density at radius 2 is 2.05 bits per heavy atom. The number of halogens is 1. The van der Waals surface area contributed by atoms with Gasteiger partial charge in [-0.25, -0.2) is 14.2 Å². The van der Waals surface area contributed by atoms with Crippen LogP contribution in [0.2, 0.25) is 0 Å². The summed E-state index contributed by atoms with van der Waals surface area (Å²) in [5.74, 6) is -0.692. The van der Waals surface area contributed by atoms with Gasteiger partial charge in [0.05, 0.1) is 6.10 Å². The molecule has 1 aromatic carbocycles. The third-order valence-electron chi connectivity index (χ3n) is 2.89. The molecule has 21 heavy (non-hydrogen) atoms. The number of nitrogens with zero attached hydrogens (tertiary/aromatic N) is 1. The van der Waals surface area contributed by atoms with Gasteiger partial charge in [0.25, 0.3) is 0 Å². The van der Waals surface area contributed by atoms with Crippen LogP contribution >= 0.6 is 0 Å². The van der Waals surface area contributed by atoms with Crippen LogP contribution in [0.25, 0.3) is 0 Å². The van der Waals surface area contributed by atoms with Crippen LogP contribution in [-0.2, 0) is 4.74 Å². The summed E-state index contributed by atoms with van der Waals surface area (Å²) in [5.41, 5.74) is 0.948. The average molecular weight is 289 g/mol. The molecule has 2 N–H and O–H groups in total. The maximum Gasteiger partial charge on any atom is 0.320 e. The molecule has 0 saturated carbocycles. The summed E-state index contributed by atoms with van der Waals surface area (Å²) in [5, 5.41) is 4.98. The first-order valence-corrected chi connectivity index (χ1v) is 6.44. The van der Waals surface area contributed by atoms with Crippen molar-refractivity contribution in [1.82, 2.24) is 10.3 Å². The van der Waals surface area contributed by atoms with E-state index in [1.165, 1.54) is 18.3 Å². The molecule has 1 atom stereocenters. The van der Waals surface area contributed by atoms with Crippen LogP contribution < -0.4 is 10.6 Å². The van der Waals surface area contributed by atoms with E-state index in [4.69, 9.17) is 4.74 Å². The molecule has 0 saturated heterocycles. The minimum absolute atomic E-state index is 0.108. The minimum atomic E-state index is -0.584. The zero-order valence-corrected chi connectivity index (χ0v) is 11.5. The van der Waals surface area contributed by atoms with Gasteiger partial charge in [-0.15, -0.1) is 0 Å². The van der Waals surface area contributed by atoms with Gasteiger partial charge >= 0.3 is 6.03 Å². The molecule has 2 rings (SSSR count). The first-order chi connectivity index (χ1) is 10.2. The van der Waals surface area contributed by atoms with E-state index in [1.807, 2.05) is 30.3 Å². The van der Waals surface area contributed by atoms with Crippen LogP contribution in [0.5, 0.6) is 0 Å². The number of aromatic nitrogens is 1. The van der Waals surface area contributed by atoms with E-state index < -0.39 is 11.8 Å². The molecule has 1 aromatic heterocycles. The fourth-order valence-corrected chi connectivity index (χ4v) is 1.82. The van der Waals surface area contributed by atoms with Crippen LogP contribution in [0.3, 0.4) is 0 Å². The standard InChI is InChI=1S/C15H16FN3O2/c1-21-13(11-6-3-2-4-7-11)10-18-15(20)19-14-12(16)8-5-9-17-14/h2-9,13H,10H2,1H3,(H2,17,18,19,20). The normalized spacial score (nSPS) is 11.7. The monoisotopic (exact) mass is 289 g/mol. The fraction of sp³-hybridized carbons (Fsp3) is 0.200. The number of benzene rings is 1. The van der Waals surface area contributed by atoms with Crippen LogP contribution in [0.4, 0.5) is 15.0 Å². The number of anilines is 1. The maximum absolute atomic E-state index is 13.4. The third-order valence-corrected chi connectivity index (χ3v) is 2.89. The van der Waals surface area contributed by atoms with Crippen molar-refractivity contribution >= 4 is 11.8 Å². The molecule has 1 heterocycles. The molecule has 0 radical (unpaired) electrons. The average Bonchev–Trinajstić information content (AvgIpc) is 2.51. The smallest absolute Gasteiger partial charge is 0.320 e. The van der Waals surface area contributed by atoms with Crippen molar-refractivity contribution in [1.29, 1.82) is 0 Å². The second-order valence-corrected chi connectivity index (χ2v) is 4.30. The van der Waals surface area contributed by atoms with E-state index in [0.717, 1.165) is 5.56 Å². The Hall–Kier alpha value is -2.47. The molecule has 0 aliphatic heterocycles. The molecule has 5 nitrogen and oxygen atoms in total. The van der Waals surface area contributed by atoms with Crippen LogP contribution in [0.1, 0.15) is 11.7 Å². The number of nitrogens with one attached hydrogen (secondary N) is 2. The molecule has 110 valence electrons. The van der Waals surface area contributed by atoms with Gasteiger partial charge in [-0.1, -0.05) is 30.3 Å². The van der Waals surface area contributed by atoms with E-state index in [0.29, 0.717) is 0 Å². The molecule has 0 aliphatic carbocycles. The SMILES string of the molecule is COC(CNC(=O)Nc1ncccc1F)c1ccccc1. The summed E-state index contributed by atoms with van der Waals surface area (Å²) >= 11 is 0. The molecule has 2 amide bonds. The van der Waals surface area contributed by atoms with Crippen molar-refractivity contribution in [2.24, 2.45) is 0 Å². The number of ether oxygens (including phenoxy) is 1. The fourth-order valence-electron chi connectivity index (χ4n) is 1.82. The van der Waals surface area contributed by atoms with E-state index in [-0.39, 0.29) is 18.5 Å².